The third-order valence-corrected chi connectivity index (χ3v) is 5.10. The summed E-state index contributed by atoms with van der Waals surface area (Å²) in [5.41, 5.74) is 1.37. The Morgan fingerprint density at radius 3 is 2.43 bits per heavy atom. The topological polar surface area (TPSA) is 104 Å². The third-order valence-electron chi connectivity index (χ3n) is 4.21. The molecule has 0 saturated carbocycles. The Labute approximate surface area is 177 Å². The molecule has 2 heterocycles. The van der Waals surface area contributed by atoms with Gasteiger partial charge in [-0.3, -0.25) is 19.9 Å². The molecule has 0 saturated heterocycles. The monoisotopic (exact) mass is 427 g/mol. The first-order valence-electron chi connectivity index (χ1n) is 9.35. The van der Waals surface area contributed by atoms with Gasteiger partial charge in [-0.15, -0.1) is 11.3 Å². The van der Waals surface area contributed by atoms with E-state index in [9.17, 15) is 14.9 Å². The lowest BCUT2D eigenvalue weighted by Gasteiger charge is -2.14. The number of aromatic nitrogens is 1. The third kappa shape index (κ3) is 4.57. The molecule has 0 spiro atoms. The molecule has 9 heteroatoms. The van der Waals surface area contributed by atoms with E-state index in [-0.39, 0.29) is 17.1 Å². The number of carbonyl (C=O) groups excluding carboxylic acids is 1. The molecular formula is C21H21N3O5S. The van der Waals surface area contributed by atoms with Crippen molar-refractivity contribution in [2.75, 3.05) is 18.5 Å². The first kappa shape index (κ1) is 21.3. The Morgan fingerprint density at radius 1 is 1.17 bits per heavy atom. The molecule has 3 aromatic rings. The van der Waals surface area contributed by atoms with E-state index in [4.69, 9.17) is 9.47 Å². The van der Waals surface area contributed by atoms with Crippen molar-refractivity contribution in [3.8, 4) is 22.1 Å². The molecule has 2 aromatic heterocycles. The number of nitro benzene ring substituents is 1. The molecule has 0 aliphatic carbocycles. The van der Waals surface area contributed by atoms with Crippen molar-refractivity contribution in [1.82, 2.24) is 4.98 Å². The molecule has 1 aromatic carbocycles. The number of hydrogen-bond donors (Lipinski definition) is 1. The van der Waals surface area contributed by atoms with Crippen molar-refractivity contribution in [3.63, 3.8) is 0 Å². The Hall–Kier alpha value is -3.46. The van der Waals surface area contributed by atoms with Crippen LogP contribution in [0.15, 0.2) is 41.8 Å². The zero-order valence-electron chi connectivity index (χ0n) is 16.8. The predicted molar refractivity (Wildman–Crippen MR) is 116 cm³/mol. The van der Waals surface area contributed by atoms with Crippen LogP contribution < -0.4 is 14.8 Å². The van der Waals surface area contributed by atoms with Gasteiger partial charge in [-0.1, -0.05) is 6.07 Å². The number of amides is 1. The summed E-state index contributed by atoms with van der Waals surface area (Å²) in [6.07, 6.45) is 0. The van der Waals surface area contributed by atoms with E-state index >= 15 is 0 Å². The second-order valence-electron chi connectivity index (χ2n) is 6.20. The van der Waals surface area contributed by atoms with Gasteiger partial charge < -0.3 is 14.8 Å². The van der Waals surface area contributed by atoms with Gasteiger partial charge in [0.2, 0.25) is 0 Å². The van der Waals surface area contributed by atoms with Crippen LogP contribution in [0.2, 0.25) is 0 Å². The summed E-state index contributed by atoms with van der Waals surface area (Å²) in [5.74, 6) is 0.0813. The highest BCUT2D eigenvalue weighted by molar-refractivity contribution is 7.13. The van der Waals surface area contributed by atoms with Crippen molar-refractivity contribution in [2.45, 2.75) is 20.8 Å². The number of hydrogen-bond acceptors (Lipinski definition) is 7. The maximum Gasteiger partial charge on any atom is 0.296 e. The van der Waals surface area contributed by atoms with Crippen molar-refractivity contribution < 1.29 is 19.2 Å². The fourth-order valence-electron chi connectivity index (χ4n) is 2.89. The van der Waals surface area contributed by atoms with Crippen LogP contribution in [0.3, 0.4) is 0 Å². The molecule has 156 valence electrons. The van der Waals surface area contributed by atoms with Crippen LogP contribution in [0.1, 0.15) is 29.9 Å². The predicted octanol–water partition coefficient (Wildman–Crippen LogP) is 5.08. The van der Waals surface area contributed by atoms with Gasteiger partial charge in [0.1, 0.15) is 5.69 Å². The first-order chi connectivity index (χ1) is 14.4. The molecule has 8 nitrogen and oxygen atoms in total. The van der Waals surface area contributed by atoms with Crippen LogP contribution in [0.5, 0.6) is 11.5 Å². The Balaban J connectivity index is 1.93. The second-order valence-corrected chi connectivity index (χ2v) is 7.15. The average Bonchev–Trinajstić information content (AvgIpc) is 3.24. The zero-order valence-corrected chi connectivity index (χ0v) is 17.6. The zero-order chi connectivity index (χ0) is 21.7. The molecule has 0 aliphatic heterocycles. The summed E-state index contributed by atoms with van der Waals surface area (Å²) in [5, 5.41) is 16.1. The maximum absolute atomic E-state index is 12.8. The Morgan fingerprint density at radius 2 is 1.87 bits per heavy atom. The van der Waals surface area contributed by atoms with Crippen LogP contribution in [-0.4, -0.2) is 29.0 Å². The molecule has 0 aliphatic rings. The van der Waals surface area contributed by atoms with E-state index < -0.39 is 10.8 Å². The molecule has 0 fully saturated rings. The summed E-state index contributed by atoms with van der Waals surface area (Å²) >= 11 is 1.55. The Kier molecular flexibility index (Phi) is 6.63. The fourth-order valence-corrected chi connectivity index (χ4v) is 3.58. The number of nitro groups is 1. The maximum atomic E-state index is 12.8. The highest BCUT2D eigenvalue weighted by Gasteiger charge is 2.23. The van der Waals surface area contributed by atoms with Gasteiger partial charge in [0.05, 0.1) is 46.0 Å². The van der Waals surface area contributed by atoms with E-state index in [0.29, 0.717) is 30.2 Å². The van der Waals surface area contributed by atoms with Crippen LogP contribution >= 0.6 is 11.3 Å². The number of anilines is 1. The van der Waals surface area contributed by atoms with Gasteiger partial charge in [0.25, 0.3) is 11.6 Å². The fraction of sp³-hybridized carbons (Fsp3) is 0.238. The van der Waals surface area contributed by atoms with Gasteiger partial charge in [-0.05, 0) is 44.4 Å². The Bertz CT molecular complexity index is 1070. The van der Waals surface area contributed by atoms with Crippen LogP contribution in [0, 0.1) is 17.0 Å². The minimum atomic E-state index is -0.571. The van der Waals surface area contributed by atoms with E-state index in [1.807, 2.05) is 17.5 Å². The van der Waals surface area contributed by atoms with E-state index in [0.717, 1.165) is 10.6 Å². The summed E-state index contributed by atoms with van der Waals surface area (Å²) in [7, 11) is 0. The van der Waals surface area contributed by atoms with Gasteiger partial charge in [-0.25, -0.2) is 0 Å². The van der Waals surface area contributed by atoms with Gasteiger partial charge in [-0.2, -0.15) is 0 Å². The molecule has 0 unspecified atom stereocenters. The van der Waals surface area contributed by atoms with E-state index in [2.05, 4.69) is 10.3 Å². The van der Waals surface area contributed by atoms with Gasteiger partial charge in [0.15, 0.2) is 11.5 Å². The summed E-state index contributed by atoms with van der Waals surface area (Å²) in [6.45, 7) is 5.96. The van der Waals surface area contributed by atoms with E-state index in [1.54, 1.807) is 44.2 Å². The number of carbonyl (C=O) groups is 1. The number of ether oxygens (including phenoxy) is 2. The molecule has 0 radical (unpaired) electrons. The minimum Gasteiger partial charge on any atom is -0.490 e. The molecule has 3 rings (SSSR count). The number of nitrogens with zero attached hydrogens (tertiary/aromatic N) is 2. The second kappa shape index (κ2) is 9.36. The van der Waals surface area contributed by atoms with Crippen molar-refractivity contribution in [2.24, 2.45) is 0 Å². The number of thiophene rings is 1. The lowest BCUT2D eigenvalue weighted by molar-refractivity contribution is -0.384. The largest absolute Gasteiger partial charge is 0.490 e. The average molecular weight is 427 g/mol. The number of pyridine rings is 1. The highest BCUT2D eigenvalue weighted by Crippen LogP contribution is 2.38. The molecule has 0 bridgehead atoms. The minimum absolute atomic E-state index is 0.0265. The number of rotatable bonds is 8. The number of aryl methyl sites for hydroxylation is 1. The molecule has 0 atom stereocenters. The van der Waals surface area contributed by atoms with Crippen molar-refractivity contribution >= 4 is 28.6 Å². The summed E-state index contributed by atoms with van der Waals surface area (Å²) in [4.78, 5) is 29.3. The van der Waals surface area contributed by atoms with Crippen LogP contribution in [0.4, 0.5) is 11.4 Å². The number of nitrogens with one attached hydrogen (secondary N) is 1. The molecule has 1 amide bonds. The summed E-state index contributed by atoms with van der Waals surface area (Å²) in [6, 6.07) is 9.97. The smallest absolute Gasteiger partial charge is 0.296 e. The lowest BCUT2D eigenvalue weighted by atomic mass is 10.1. The number of benzene rings is 1. The van der Waals surface area contributed by atoms with Crippen molar-refractivity contribution in [1.29, 1.82) is 0 Å². The lowest BCUT2D eigenvalue weighted by Crippen LogP contribution is -2.15. The summed E-state index contributed by atoms with van der Waals surface area (Å²) < 4.78 is 11.0. The quantitative estimate of drug-likeness (QED) is 0.397. The normalized spacial score (nSPS) is 10.5. The standard InChI is InChI=1S/C21H21N3O5S/c1-4-28-18-11-16(17(24(26)27)12-19(18)29-5-2)23-21(25)14-8-9-15(22-13(14)3)20-7-6-10-30-20/h6-12H,4-5H2,1-3H3,(H,23,25). The molecule has 30 heavy (non-hydrogen) atoms. The van der Waals surface area contributed by atoms with Crippen LogP contribution in [0.25, 0.3) is 10.6 Å². The molecular weight excluding hydrogens is 406 g/mol. The van der Waals surface area contributed by atoms with E-state index in [1.165, 1.54) is 12.1 Å². The van der Waals surface area contributed by atoms with Crippen molar-refractivity contribution in [3.05, 3.63) is 63.1 Å². The SMILES string of the molecule is CCOc1cc(NC(=O)c2ccc(-c3cccs3)nc2C)c([N+](=O)[O-])cc1OCC. The highest BCUT2D eigenvalue weighted by atomic mass is 32.1. The van der Waals surface area contributed by atoms with Gasteiger partial charge >= 0.3 is 0 Å². The molecule has 1 N–H and O–H groups in total. The van der Waals surface area contributed by atoms with Crippen LogP contribution in [-0.2, 0) is 0 Å². The van der Waals surface area contributed by atoms with Gasteiger partial charge in [0, 0.05) is 6.07 Å². The first-order valence-corrected chi connectivity index (χ1v) is 10.2.